The minimum absolute atomic E-state index is 0.00111. The van der Waals surface area contributed by atoms with E-state index in [4.69, 9.17) is 10.5 Å². The van der Waals surface area contributed by atoms with Gasteiger partial charge in [0.2, 0.25) is 11.9 Å². The zero-order valence-corrected chi connectivity index (χ0v) is 19.0. The van der Waals surface area contributed by atoms with E-state index >= 15 is 0 Å². The molecule has 0 aliphatic carbocycles. The standard InChI is InChI=1S/C23H32N6O3/c1-17(2)16-32-23(31)29-9-7-28(8-10-29)22-25-13-20(14-26-22)19-6-4-5-18(11-19)15-27(3)21(30)12-24/h4-6,11,13-14,17H,7-10,12,15-16,24H2,1-3H3. The van der Waals surface area contributed by atoms with Crippen LogP contribution in [0.3, 0.4) is 0 Å². The molecule has 2 N–H and O–H groups in total. The van der Waals surface area contributed by atoms with Crippen LogP contribution in [0.1, 0.15) is 19.4 Å². The molecule has 172 valence electrons. The maximum absolute atomic E-state index is 12.1. The van der Waals surface area contributed by atoms with Gasteiger partial charge in [0.1, 0.15) is 0 Å². The largest absolute Gasteiger partial charge is 0.449 e. The zero-order chi connectivity index (χ0) is 23.1. The van der Waals surface area contributed by atoms with Gasteiger partial charge in [0.25, 0.3) is 0 Å². The molecule has 1 aromatic carbocycles. The van der Waals surface area contributed by atoms with Crippen molar-refractivity contribution in [2.45, 2.75) is 20.4 Å². The minimum atomic E-state index is -0.256. The molecule has 1 saturated heterocycles. The average Bonchev–Trinajstić information content (AvgIpc) is 2.82. The molecule has 0 spiro atoms. The number of carbonyl (C=O) groups excluding carboxylic acids is 2. The Kier molecular flexibility index (Phi) is 7.99. The number of benzene rings is 1. The van der Waals surface area contributed by atoms with E-state index in [1.54, 1.807) is 29.2 Å². The maximum Gasteiger partial charge on any atom is 0.409 e. The second-order valence-electron chi connectivity index (χ2n) is 8.37. The van der Waals surface area contributed by atoms with E-state index in [1.165, 1.54) is 0 Å². The molecule has 9 nitrogen and oxygen atoms in total. The molecule has 9 heteroatoms. The number of hydrogen-bond donors (Lipinski definition) is 1. The van der Waals surface area contributed by atoms with Crippen molar-refractivity contribution in [2.75, 3.05) is 51.3 Å². The third kappa shape index (κ3) is 6.16. The van der Waals surface area contributed by atoms with Crippen molar-refractivity contribution in [3.8, 4) is 11.1 Å². The zero-order valence-electron chi connectivity index (χ0n) is 19.0. The van der Waals surface area contributed by atoms with Crippen LogP contribution in [0.25, 0.3) is 11.1 Å². The monoisotopic (exact) mass is 440 g/mol. The highest BCUT2D eigenvalue weighted by atomic mass is 16.6. The van der Waals surface area contributed by atoms with E-state index < -0.39 is 0 Å². The predicted molar refractivity (Wildman–Crippen MR) is 123 cm³/mol. The number of anilines is 1. The first-order valence-electron chi connectivity index (χ1n) is 10.9. The van der Waals surface area contributed by atoms with Crippen LogP contribution in [0.4, 0.5) is 10.7 Å². The molecule has 32 heavy (non-hydrogen) atoms. The Hall–Kier alpha value is -3.20. The van der Waals surface area contributed by atoms with Crippen LogP contribution in [0.5, 0.6) is 0 Å². The van der Waals surface area contributed by atoms with E-state index in [0.717, 1.165) is 16.7 Å². The van der Waals surface area contributed by atoms with Gasteiger partial charge in [0, 0.05) is 57.7 Å². The Morgan fingerprint density at radius 2 is 1.81 bits per heavy atom. The molecule has 1 aromatic heterocycles. The number of piperazine rings is 1. The molecular weight excluding hydrogens is 408 g/mol. The summed E-state index contributed by atoms with van der Waals surface area (Å²) in [5.41, 5.74) is 8.33. The van der Waals surface area contributed by atoms with Crippen LogP contribution in [-0.2, 0) is 16.1 Å². The number of carbonyl (C=O) groups is 2. The van der Waals surface area contributed by atoms with Crippen LogP contribution in [0.15, 0.2) is 36.7 Å². The summed E-state index contributed by atoms with van der Waals surface area (Å²) in [6.45, 7) is 7.45. The maximum atomic E-state index is 12.1. The Bertz CT molecular complexity index is 910. The summed E-state index contributed by atoms with van der Waals surface area (Å²) >= 11 is 0. The molecule has 0 unspecified atom stereocenters. The van der Waals surface area contributed by atoms with Gasteiger partial charge in [-0.3, -0.25) is 4.79 Å². The summed E-state index contributed by atoms with van der Waals surface area (Å²) in [6, 6.07) is 7.95. The van der Waals surface area contributed by atoms with Crippen molar-refractivity contribution in [3.05, 3.63) is 42.2 Å². The van der Waals surface area contributed by atoms with E-state index in [9.17, 15) is 9.59 Å². The Morgan fingerprint density at radius 3 is 2.44 bits per heavy atom. The van der Waals surface area contributed by atoms with Gasteiger partial charge in [-0.15, -0.1) is 0 Å². The summed E-state index contributed by atoms with van der Waals surface area (Å²) in [6.07, 6.45) is 3.35. The van der Waals surface area contributed by atoms with Crippen LogP contribution >= 0.6 is 0 Å². The number of likely N-dealkylation sites (N-methyl/N-ethyl adjacent to an activating group) is 1. The fraction of sp³-hybridized carbons (Fsp3) is 0.478. The molecule has 3 rings (SSSR count). The number of nitrogens with zero attached hydrogens (tertiary/aromatic N) is 5. The van der Waals surface area contributed by atoms with E-state index in [-0.39, 0.29) is 18.5 Å². The van der Waals surface area contributed by atoms with Crippen molar-refractivity contribution in [3.63, 3.8) is 0 Å². The van der Waals surface area contributed by atoms with E-state index in [1.807, 2.05) is 38.1 Å². The lowest BCUT2D eigenvalue weighted by Crippen LogP contribution is -2.49. The average molecular weight is 441 g/mol. The van der Waals surface area contributed by atoms with Gasteiger partial charge in [-0.1, -0.05) is 32.0 Å². The summed E-state index contributed by atoms with van der Waals surface area (Å²) < 4.78 is 5.31. The van der Waals surface area contributed by atoms with Crippen LogP contribution in [0.2, 0.25) is 0 Å². The van der Waals surface area contributed by atoms with Gasteiger partial charge in [0.15, 0.2) is 0 Å². The topological polar surface area (TPSA) is 105 Å². The normalized spacial score (nSPS) is 13.9. The van der Waals surface area contributed by atoms with Gasteiger partial charge in [-0.25, -0.2) is 14.8 Å². The van der Waals surface area contributed by atoms with Gasteiger partial charge in [-0.05, 0) is 23.1 Å². The van der Waals surface area contributed by atoms with Gasteiger partial charge < -0.3 is 25.2 Å². The number of nitrogens with two attached hydrogens (primary N) is 1. The van der Waals surface area contributed by atoms with Gasteiger partial charge in [0.05, 0.1) is 13.2 Å². The fourth-order valence-electron chi connectivity index (χ4n) is 3.42. The molecule has 0 atom stereocenters. The fourth-order valence-corrected chi connectivity index (χ4v) is 3.42. The Labute approximate surface area is 189 Å². The van der Waals surface area contributed by atoms with Crippen molar-refractivity contribution < 1.29 is 14.3 Å². The molecule has 0 bridgehead atoms. The van der Waals surface area contributed by atoms with Crippen molar-refractivity contribution >= 4 is 17.9 Å². The number of hydrogen-bond acceptors (Lipinski definition) is 7. The first-order chi connectivity index (χ1) is 15.4. The second kappa shape index (κ2) is 10.9. The molecule has 1 aliphatic rings. The summed E-state index contributed by atoms with van der Waals surface area (Å²) in [7, 11) is 1.74. The third-order valence-corrected chi connectivity index (χ3v) is 5.28. The Balaban J connectivity index is 1.58. The van der Waals surface area contributed by atoms with Gasteiger partial charge >= 0.3 is 6.09 Å². The lowest BCUT2D eigenvalue weighted by atomic mass is 10.1. The predicted octanol–water partition coefficient (Wildman–Crippen LogP) is 1.98. The molecule has 1 fully saturated rings. The molecule has 1 aliphatic heterocycles. The van der Waals surface area contributed by atoms with E-state index in [2.05, 4.69) is 14.9 Å². The lowest BCUT2D eigenvalue weighted by molar-refractivity contribution is -0.128. The SMILES string of the molecule is CC(C)COC(=O)N1CCN(c2ncc(-c3cccc(CN(C)C(=O)CN)c3)cn2)CC1. The highest BCUT2D eigenvalue weighted by Gasteiger charge is 2.23. The van der Waals surface area contributed by atoms with E-state index in [0.29, 0.717) is 51.2 Å². The summed E-state index contributed by atoms with van der Waals surface area (Å²) in [5.74, 6) is 0.868. The molecular formula is C23H32N6O3. The lowest BCUT2D eigenvalue weighted by Gasteiger charge is -2.34. The number of rotatable bonds is 7. The van der Waals surface area contributed by atoms with Crippen LogP contribution in [-0.4, -0.2) is 78.1 Å². The molecule has 0 saturated carbocycles. The smallest absolute Gasteiger partial charge is 0.409 e. The summed E-state index contributed by atoms with van der Waals surface area (Å²) in [4.78, 5) is 38.3. The molecule has 2 amide bonds. The minimum Gasteiger partial charge on any atom is -0.449 e. The first kappa shape index (κ1) is 23.5. The quantitative estimate of drug-likeness (QED) is 0.702. The van der Waals surface area contributed by atoms with Crippen molar-refractivity contribution in [1.82, 2.24) is 19.8 Å². The number of aromatic nitrogens is 2. The first-order valence-corrected chi connectivity index (χ1v) is 10.9. The highest BCUT2D eigenvalue weighted by molar-refractivity contribution is 5.77. The second-order valence-corrected chi connectivity index (χ2v) is 8.37. The molecule has 2 heterocycles. The van der Waals surface area contributed by atoms with Crippen LogP contribution in [0, 0.1) is 5.92 Å². The number of ether oxygens (including phenoxy) is 1. The number of amides is 2. The van der Waals surface area contributed by atoms with Crippen molar-refractivity contribution in [1.29, 1.82) is 0 Å². The van der Waals surface area contributed by atoms with Crippen LogP contribution < -0.4 is 10.6 Å². The highest BCUT2D eigenvalue weighted by Crippen LogP contribution is 2.21. The van der Waals surface area contributed by atoms with Crippen molar-refractivity contribution in [2.24, 2.45) is 11.7 Å². The van der Waals surface area contributed by atoms with Gasteiger partial charge in [-0.2, -0.15) is 0 Å². The third-order valence-electron chi connectivity index (χ3n) is 5.28. The molecule has 2 aromatic rings. The summed E-state index contributed by atoms with van der Waals surface area (Å²) in [5, 5.41) is 0. The molecule has 0 radical (unpaired) electrons. The Morgan fingerprint density at radius 1 is 1.12 bits per heavy atom.